The van der Waals surface area contributed by atoms with Crippen LogP contribution < -0.4 is 5.73 Å². The van der Waals surface area contributed by atoms with Gasteiger partial charge in [-0.15, -0.1) is 0 Å². The van der Waals surface area contributed by atoms with E-state index < -0.39 is 0 Å². The molecule has 0 fully saturated rings. The van der Waals surface area contributed by atoms with Crippen LogP contribution in [0.2, 0.25) is 0 Å². The van der Waals surface area contributed by atoms with Gasteiger partial charge in [0.1, 0.15) is 0 Å². The minimum atomic E-state index is 0.602. The van der Waals surface area contributed by atoms with Crippen molar-refractivity contribution in [2.45, 2.75) is 26.8 Å². The molecule has 0 heterocycles. The molecule has 0 rings (SSSR count). The summed E-state index contributed by atoms with van der Waals surface area (Å²) in [5.41, 5.74) is 3.84. The van der Waals surface area contributed by atoms with Gasteiger partial charge in [-0.2, -0.15) is 0 Å². The normalized spacial score (nSPS) is 15.5. The molecule has 6 heavy (non-hydrogen) atoms. The van der Waals surface area contributed by atoms with E-state index in [2.05, 4.69) is 26.5 Å². The molecule has 0 unspecified atom stereocenters. The number of quaternary nitrogens is 1. The van der Waals surface area contributed by atoms with E-state index in [9.17, 15) is 0 Å². The zero-order valence-electron chi connectivity index (χ0n) is 4.86. The first kappa shape index (κ1) is 5.96. The Labute approximate surface area is 39.5 Å². The van der Waals surface area contributed by atoms with Crippen LogP contribution in [0.25, 0.3) is 0 Å². The van der Waals surface area contributed by atoms with Crippen molar-refractivity contribution in [2.75, 3.05) is 0 Å². The highest BCUT2D eigenvalue weighted by atomic mass is 14.6. The lowest BCUT2D eigenvalue weighted by Crippen LogP contribution is -2.61. The van der Waals surface area contributed by atoms with Crippen molar-refractivity contribution in [2.24, 2.45) is 5.92 Å². The van der Waals surface area contributed by atoms with E-state index >= 15 is 0 Å². The van der Waals surface area contributed by atoms with Crippen LogP contribution in [0, 0.1) is 5.92 Å². The average molecular weight is 88.2 g/mol. The van der Waals surface area contributed by atoms with Crippen molar-refractivity contribution < 1.29 is 5.73 Å². The Hall–Kier alpha value is -0.0400. The third-order valence-electron chi connectivity index (χ3n) is 1.14. The van der Waals surface area contributed by atoms with Gasteiger partial charge in [-0.3, -0.25) is 0 Å². The molecule has 3 N–H and O–H groups in total. The quantitative estimate of drug-likeness (QED) is 0.476. The van der Waals surface area contributed by atoms with Gasteiger partial charge < -0.3 is 5.73 Å². The first-order valence-electron chi connectivity index (χ1n) is 2.47. The Balaban J connectivity index is 2.99. The van der Waals surface area contributed by atoms with E-state index in [4.69, 9.17) is 0 Å². The van der Waals surface area contributed by atoms with Crippen LogP contribution in [0.15, 0.2) is 0 Å². The molecule has 0 spiro atoms. The zero-order valence-corrected chi connectivity index (χ0v) is 4.86. The van der Waals surface area contributed by atoms with Crippen LogP contribution in [-0.4, -0.2) is 6.04 Å². The van der Waals surface area contributed by atoms with Gasteiger partial charge >= 0.3 is 0 Å². The molecular formula is C5H14N+. The van der Waals surface area contributed by atoms with E-state index in [0.717, 1.165) is 5.92 Å². The Morgan fingerprint density at radius 2 is 1.33 bits per heavy atom. The SMILES string of the molecule is CC(C)[C@H](C)[NH3+]. The van der Waals surface area contributed by atoms with Crippen molar-refractivity contribution in [1.82, 2.24) is 0 Å². The predicted octanol–water partition coefficient (Wildman–Crippen LogP) is 0.273. The fourth-order valence-corrected chi connectivity index (χ4v) is 0. The monoisotopic (exact) mass is 88.1 g/mol. The standard InChI is InChI=1S/C5H13N/c1-4(2)5(3)6/h4-5H,6H2,1-3H3/p+1/t5-/m0/s1. The van der Waals surface area contributed by atoms with Gasteiger partial charge in [0.05, 0.1) is 6.04 Å². The molecular weight excluding hydrogens is 74.1 g/mol. The first-order chi connectivity index (χ1) is 2.64. The summed E-state index contributed by atoms with van der Waals surface area (Å²) < 4.78 is 0. The molecule has 0 saturated carbocycles. The van der Waals surface area contributed by atoms with E-state index in [0.29, 0.717) is 6.04 Å². The van der Waals surface area contributed by atoms with Crippen molar-refractivity contribution >= 4 is 0 Å². The minimum Gasteiger partial charge on any atom is -0.355 e. The second kappa shape index (κ2) is 2.19. The second-order valence-electron chi connectivity index (χ2n) is 2.22. The molecule has 1 heteroatoms. The third kappa shape index (κ3) is 2.21. The lowest BCUT2D eigenvalue weighted by Gasteiger charge is -2.02. The highest BCUT2D eigenvalue weighted by molar-refractivity contribution is 4.46. The summed E-state index contributed by atoms with van der Waals surface area (Å²) in [5, 5.41) is 0. The maximum absolute atomic E-state index is 3.84. The van der Waals surface area contributed by atoms with Gasteiger partial charge in [-0.05, 0) is 6.92 Å². The molecule has 0 aromatic carbocycles. The smallest absolute Gasteiger partial charge is 0.0838 e. The molecule has 0 bridgehead atoms. The minimum absolute atomic E-state index is 0.602. The van der Waals surface area contributed by atoms with Gasteiger partial charge in [-0.1, -0.05) is 13.8 Å². The Bertz CT molecular complexity index is 24.9. The molecule has 0 radical (unpaired) electrons. The molecule has 0 aliphatic rings. The van der Waals surface area contributed by atoms with E-state index in [-0.39, 0.29) is 0 Å². The number of hydrogen-bond donors (Lipinski definition) is 1. The van der Waals surface area contributed by atoms with Crippen molar-refractivity contribution in [3.05, 3.63) is 0 Å². The molecule has 0 aromatic heterocycles. The number of hydrogen-bond acceptors (Lipinski definition) is 0. The molecule has 38 valence electrons. The summed E-state index contributed by atoms with van der Waals surface area (Å²) in [5.74, 6) is 0.741. The highest BCUT2D eigenvalue weighted by Crippen LogP contribution is 1.91. The summed E-state index contributed by atoms with van der Waals surface area (Å²) in [6.45, 7) is 6.49. The van der Waals surface area contributed by atoms with Crippen molar-refractivity contribution in [1.29, 1.82) is 0 Å². The lowest BCUT2D eigenvalue weighted by atomic mass is 10.1. The molecule has 1 atom stereocenters. The summed E-state index contributed by atoms with van der Waals surface area (Å²) >= 11 is 0. The van der Waals surface area contributed by atoms with Gasteiger partial charge in [0.15, 0.2) is 0 Å². The highest BCUT2D eigenvalue weighted by Gasteiger charge is 2.00. The Morgan fingerprint density at radius 3 is 1.33 bits per heavy atom. The molecule has 0 saturated heterocycles. The van der Waals surface area contributed by atoms with Gasteiger partial charge in [0, 0.05) is 5.92 Å². The number of rotatable bonds is 1. The summed E-state index contributed by atoms with van der Waals surface area (Å²) in [6, 6.07) is 0.602. The van der Waals surface area contributed by atoms with E-state index in [1.54, 1.807) is 0 Å². The van der Waals surface area contributed by atoms with E-state index in [1.807, 2.05) is 0 Å². The summed E-state index contributed by atoms with van der Waals surface area (Å²) in [7, 11) is 0. The average Bonchev–Trinajstić information content (AvgIpc) is 1.36. The summed E-state index contributed by atoms with van der Waals surface area (Å²) in [4.78, 5) is 0. The van der Waals surface area contributed by atoms with Crippen LogP contribution in [0.1, 0.15) is 20.8 Å². The fourth-order valence-electron chi connectivity index (χ4n) is 0. The zero-order chi connectivity index (χ0) is 5.15. The van der Waals surface area contributed by atoms with Gasteiger partial charge in [-0.25, -0.2) is 0 Å². The lowest BCUT2D eigenvalue weighted by molar-refractivity contribution is -0.424. The van der Waals surface area contributed by atoms with Crippen molar-refractivity contribution in [3.63, 3.8) is 0 Å². The molecule has 0 amide bonds. The predicted molar refractivity (Wildman–Crippen MR) is 27.2 cm³/mol. The van der Waals surface area contributed by atoms with Gasteiger partial charge in [0.2, 0.25) is 0 Å². The second-order valence-corrected chi connectivity index (χ2v) is 2.22. The Morgan fingerprint density at radius 1 is 1.17 bits per heavy atom. The fraction of sp³-hybridized carbons (Fsp3) is 1.00. The maximum Gasteiger partial charge on any atom is 0.0838 e. The largest absolute Gasteiger partial charge is 0.355 e. The molecule has 0 aromatic rings. The van der Waals surface area contributed by atoms with Crippen LogP contribution in [0.3, 0.4) is 0 Å². The van der Waals surface area contributed by atoms with Crippen LogP contribution >= 0.6 is 0 Å². The van der Waals surface area contributed by atoms with Gasteiger partial charge in [0.25, 0.3) is 0 Å². The first-order valence-corrected chi connectivity index (χ1v) is 2.47. The van der Waals surface area contributed by atoms with Crippen LogP contribution in [-0.2, 0) is 0 Å². The van der Waals surface area contributed by atoms with Crippen LogP contribution in [0.4, 0.5) is 0 Å². The molecule has 0 aliphatic heterocycles. The molecule has 0 aliphatic carbocycles. The topological polar surface area (TPSA) is 27.6 Å². The van der Waals surface area contributed by atoms with Crippen molar-refractivity contribution in [3.8, 4) is 0 Å². The summed E-state index contributed by atoms with van der Waals surface area (Å²) in [6.07, 6.45) is 0. The van der Waals surface area contributed by atoms with E-state index in [1.165, 1.54) is 0 Å². The molecule has 1 nitrogen and oxygen atoms in total. The van der Waals surface area contributed by atoms with Crippen LogP contribution in [0.5, 0.6) is 0 Å². The maximum atomic E-state index is 3.84. The Kier molecular flexibility index (Phi) is 2.18. The third-order valence-corrected chi connectivity index (χ3v) is 1.14.